The van der Waals surface area contributed by atoms with Crippen LogP contribution in [0.3, 0.4) is 0 Å². The molecule has 1 aromatic rings. The maximum atomic E-state index is 5.63. The molecule has 166 valence electrons. The van der Waals surface area contributed by atoms with Gasteiger partial charge in [0.2, 0.25) is 0 Å². The quantitative estimate of drug-likeness (QED) is 0.204. The minimum atomic E-state index is 0. The number of guanidine groups is 1. The van der Waals surface area contributed by atoms with Crippen molar-refractivity contribution in [3.8, 4) is 0 Å². The number of benzene rings is 1. The molecule has 1 aliphatic rings. The first-order valence-corrected chi connectivity index (χ1v) is 10.6. The van der Waals surface area contributed by atoms with Crippen molar-refractivity contribution in [2.75, 3.05) is 46.5 Å². The lowest BCUT2D eigenvalue weighted by molar-refractivity contribution is -0.0212. The van der Waals surface area contributed by atoms with E-state index >= 15 is 0 Å². The maximum Gasteiger partial charge on any atom is 0.191 e. The fourth-order valence-corrected chi connectivity index (χ4v) is 3.27. The number of halogens is 1. The monoisotopic (exact) mass is 518 g/mol. The first kappa shape index (κ1) is 26.1. The molecule has 1 heterocycles. The summed E-state index contributed by atoms with van der Waals surface area (Å²) in [6.45, 7) is 11.4. The van der Waals surface area contributed by atoms with Crippen LogP contribution in [0.5, 0.6) is 0 Å². The molecule has 0 radical (unpaired) electrons. The lowest BCUT2D eigenvalue weighted by Gasteiger charge is -2.31. The van der Waals surface area contributed by atoms with Crippen molar-refractivity contribution in [1.82, 2.24) is 15.5 Å². The molecule has 0 bridgehead atoms. The van der Waals surface area contributed by atoms with Gasteiger partial charge in [-0.1, -0.05) is 37.6 Å². The van der Waals surface area contributed by atoms with Crippen LogP contribution in [0.25, 0.3) is 0 Å². The lowest BCUT2D eigenvalue weighted by atomic mass is 10.1. The van der Waals surface area contributed by atoms with E-state index in [-0.39, 0.29) is 24.0 Å². The van der Waals surface area contributed by atoms with Crippen LogP contribution in [0.15, 0.2) is 29.3 Å². The van der Waals surface area contributed by atoms with E-state index in [2.05, 4.69) is 58.6 Å². The number of morpholine rings is 1. The predicted octanol–water partition coefficient (Wildman–Crippen LogP) is 3.40. The summed E-state index contributed by atoms with van der Waals surface area (Å²) >= 11 is 0. The van der Waals surface area contributed by atoms with Crippen molar-refractivity contribution in [2.45, 2.75) is 52.3 Å². The first-order chi connectivity index (χ1) is 13.7. The molecule has 1 aliphatic heterocycles. The van der Waals surface area contributed by atoms with E-state index in [1.165, 1.54) is 17.5 Å². The number of hydrogen-bond donors (Lipinski definition) is 2. The van der Waals surface area contributed by atoms with E-state index in [1.807, 2.05) is 7.05 Å². The van der Waals surface area contributed by atoms with Crippen LogP contribution in [0.4, 0.5) is 0 Å². The molecule has 1 atom stereocenters. The Bertz CT molecular complexity index is 586. The van der Waals surface area contributed by atoms with Gasteiger partial charge >= 0.3 is 0 Å². The molecule has 2 rings (SSSR count). The third-order valence-electron chi connectivity index (χ3n) is 4.81. The van der Waals surface area contributed by atoms with Crippen molar-refractivity contribution in [2.24, 2.45) is 4.99 Å². The number of nitrogens with zero attached hydrogens (tertiary/aromatic N) is 2. The van der Waals surface area contributed by atoms with Crippen LogP contribution >= 0.6 is 24.0 Å². The maximum absolute atomic E-state index is 5.63. The fraction of sp³-hybridized carbons (Fsp3) is 0.682. The van der Waals surface area contributed by atoms with Crippen molar-refractivity contribution in [3.63, 3.8) is 0 Å². The molecule has 2 N–H and O–H groups in total. The average Bonchev–Trinajstić information content (AvgIpc) is 2.70. The summed E-state index contributed by atoms with van der Waals surface area (Å²) in [6.07, 6.45) is 3.63. The van der Waals surface area contributed by atoms with E-state index < -0.39 is 0 Å². The Balaban J connectivity index is 0.00000420. The molecule has 0 amide bonds. The third kappa shape index (κ3) is 11.2. The van der Waals surface area contributed by atoms with Crippen molar-refractivity contribution in [1.29, 1.82) is 0 Å². The van der Waals surface area contributed by atoms with Gasteiger partial charge in [0.15, 0.2) is 5.96 Å². The highest BCUT2D eigenvalue weighted by Crippen LogP contribution is 2.12. The molecule has 0 spiro atoms. The zero-order valence-corrected chi connectivity index (χ0v) is 20.6. The van der Waals surface area contributed by atoms with Gasteiger partial charge in [0.05, 0.1) is 12.7 Å². The topological polar surface area (TPSA) is 58.1 Å². The van der Waals surface area contributed by atoms with Crippen molar-refractivity contribution >= 4 is 29.9 Å². The second kappa shape index (κ2) is 15.9. The highest BCUT2D eigenvalue weighted by molar-refractivity contribution is 14.0. The fourth-order valence-electron chi connectivity index (χ4n) is 3.27. The van der Waals surface area contributed by atoms with E-state index in [0.717, 1.165) is 71.3 Å². The smallest absolute Gasteiger partial charge is 0.191 e. The highest BCUT2D eigenvalue weighted by Gasteiger charge is 2.16. The number of unbranched alkanes of at least 4 members (excludes halogenated alkanes) is 1. The molecular formula is C22H39IN4O2. The van der Waals surface area contributed by atoms with Crippen molar-refractivity contribution < 1.29 is 9.47 Å². The van der Waals surface area contributed by atoms with Crippen LogP contribution in [-0.4, -0.2) is 63.5 Å². The summed E-state index contributed by atoms with van der Waals surface area (Å²) in [4.78, 5) is 6.77. The number of rotatable bonds is 11. The van der Waals surface area contributed by atoms with Crippen LogP contribution < -0.4 is 10.6 Å². The molecule has 0 aromatic heterocycles. The molecule has 6 nitrogen and oxygen atoms in total. The normalized spacial score (nSPS) is 17.6. The number of hydrogen-bond acceptors (Lipinski definition) is 4. The Morgan fingerprint density at radius 1 is 1.24 bits per heavy atom. The van der Waals surface area contributed by atoms with Gasteiger partial charge in [-0.25, -0.2) is 0 Å². The van der Waals surface area contributed by atoms with Crippen LogP contribution in [0.2, 0.25) is 0 Å². The molecule has 7 heteroatoms. The predicted molar refractivity (Wildman–Crippen MR) is 131 cm³/mol. The minimum absolute atomic E-state index is 0. The van der Waals surface area contributed by atoms with E-state index in [1.54, 1.807) is 0 Å². The summed E-state index contributed by atoms with van der Waals surface area (Å²) in [5.74, 6) is 0.834. The molecule has 1 saturated heterocycles. The van der Waals surface area contributed by atoms with Gasteiger partial charge in [0.1, 0.15) is 0 Å². The number of aliphatic imine (C=N–C) groups is 1. The first-order valence-electron chi connectivity index (χ1n) is 10.6. The zero-order chi connectivity index (χ0) is 20.0. The van der Waals surface area contributed by atoms with E-state index in [0.29, 0.717) is 6.10 Å². The highest BCUT2D eigenvalue weighted by atomic mass is 127. The molecule has 29 heavy (non-hydrogen) atoms. The van der Waals surface area contributed by atoms with Gasteiger partial charge in [0, 0.05) is 53.0 Å². The summed E-state index contributed by atoms with van der Waals surface area (Å²) in [5, 5.41) is 6.75. The largest absolute Gasteiger partial charge is 0.381 e. The number of ether oxygens (including phenoxy) is 2. The summed E-state index contributed by atoms with van der Waals surface area (Å²) < 4.78 is 11.2. The summed E-state index contributed by atoms with van der Waals surface area (Å²) in [5.41, 5.74) is 2.62. The Kier molecular flexibility index (Phi) is 14.3. The number of nitrogens with one attached hydrogen (secondary N) is 2. The van der Waals surface area contributed by atoms with Crippen LogP contribution in [0.1, 0.15) is 44.2 Å². The Hall–Kier alpha value is -0.900. The minimum Gasteiger partial charge on any atom is -0.381 e. The standard InChI is InChI=1S/C22H38N4O2.HI/c1-4-5-12-27-13-7-10-24-22(23-3)25-16-20-8-6-9-21(15-20)18-26-11-14-28-19(2)17-26;/h6,8-9,15,19H,4-5,7,10-14,16-18H2,1-3H3,(H2,23,24,25);1H. The molecule has 1 aromatic carbocycles. The molecule has 1 unspecified atom stereocenters. The molecule has 0 aliphatic carbocycles. The molecule has 1 fully saturated rings. The second-order valence-electron chi connectivity index (χ2n) is 7.41. The van der Waals surface area contributed by atoms with Gasteiger partial charge in [-0.2, -0.15) is 0 Å². The Morgan fingerprint density at radius 2 is 2.03 bits per heavy atom. The zero-order valence-electron chi connectivity index (χ0n) is 18.3. The lowest BCUT2D eigenvalue weighted by Crippen LogP contribution is -2.40. The average molecular weight is 518 g/mol. The van der Waals surface area contributed by atoms with Crippen LogP contribution in [0, 0.1) is 0 Å². The Morgan fingerprint density at radius 3 is 2.79 bits per heavy atom. The van der Waals surface area contributed by atoms with Gasteiger partial charge in [-0.3, -0.25) is 9.89 Å². The third-order valence-corrected chi connectivity index (χ3v) is 4.81. The van der Waals surface area contributed by atoms with Gasteiger partial charge in [-0.15, -0.1) is 24.0 Å². The van der Waals surface area contributed by atoms with E-state index in [4.69, 9.17) is 9.47 Å². The Labute approximate surface area is 193 Å². The molecule has 0 saturated carbocycles. The van der Waals surface area contributed by atoms with Gasteiger partial charge < -0.3 is 20.1 Å². The van der Waals surface area contributed by atoms with Crippen molar-refractivity contribution in [3.05, 3.63) is 35.4 Å². The summed E-state index contributed by atoms with van der Waals surface area (Å²) in [6, 6.07) is 8.78. The van der Waals surface area contributed by atoms with E-state index in [9.17, 15) is 0 Å². The van der Waals surface area contributed by atoms with Gasteiger partial charge in [-0.05, 0) is 30.9 Å². The SMILES string of the molecule is CCCCOCCCNC(=NC)NCc1cccc(CN2CCOC(C)C2)c1.I. The second-order valence-corrected chi connectivity index (χ2v) is 7.41. The molecular weight excluding hydrogens is 479 g/mol. The summed E-state index contributed by atoms with van der Waals surface area (Å²) in [7, 11) is 1.81. The van der Waals surface area contributed by atoms with Gasteiger partial charge in [0.25, 0.3) is 0 Å². The van der Waals surface area contributed by atoms with Crippen LogP contribution in [-0.2, 0) is 22.6 Å².